The summed E-state index contributed by atoms with van der Waals surface area (Å²) < 4.78 is 10.9. The lowest BCUT2D eigenvalue weighted by molar-refractivity contribution is -0.140. The summed E-state index contributed by atoms with van der Waals surface area (Å²) in [5.41, 5.74) is 3.53. The molecule has 254 valence electrons. The highest BCUT2D eigenvalue weighted by Crippen LogP contribution is 2.28. The van der Waals surface area contributed by atoms with Crippen LogP contribution in [0.2, 0.25) is 0 Å². The van der Waals surface area contributed by atoms with E-state index in [9.17, 15) is 14.4 Å². The van der Waals surface area contributed by atoms with Crippen molar-refractivity contribution < 1.29 is 23.9 Å². The normalized spacial score (nSPS) is 12.5. The van der Waals surface area contributed by atoms with Gasteiger partial charge in [-0.2, -0.15) is 0 Å². The van der Waals surface area contributed by atoms with E-state index < -0.39 is 23.8 Å². The lowest BCUT2D eigenvalue weighted by Gasteiger charge is -2.35. The molecule has 0 radical (unpaired) electrons. The third kappa shape index (κ3) is 12.1. The summed E-state index contributed by atoms with van der Waals surface area (Å²) in [5, 5.41) is 5.89. The number of aryl methyl sites for hydroxylation is 2. The van der Waals surface area contributed by atoms with Crippen molar-refractivity contribution in [3.05, 3.63) is 95.1 Å². The Hall–Kier alpha value is -4.33. The van der Waals surface area contributed by atoms with E-state index in [1.807, 2.05) is 62.4 Å². The van der Waals surface area contributed by atoms with Crippen LogP contribution < -0.4 is 15.4 Å². The second-order valence-corrected chi connectivity index (χ2v) is 13.2. The largest absolute Gasteiger partial charge is 0.497 e. The summed E-state index contributed by atoms with van der Waals surface area (Å²) in [6.45, 7) is 11.9. The van der Waals surface area contributed by atoms with Crippen LogP contribution in [-0.2, 0) is 20.7 Å². The molecule has 0 spiro atoms. The molecule has 0 fully saturated rings. The fourth-order valence-electron chi connectivity index (χ4n) is 5.42. The predicted octanol–water partition coefficient (Wildman–Crippen LogP) is 8.32. The van der Waals surface area contributed by atoms with Gasteiger partial charge in [0.2, 0.25) is 5.91 Å². The molecular formula is C39H53N3O5. The van der Waals surface area contributed by atoms with Crippen molar-refractivity contribution in [1.82, 2.24) is 10.2 Å². The van der Waals surface area contributed by atoms with E-state index in [2.05, 4.69) is 17.6 Å². The number of hydrogen-bond donors (Lipinski definition) is 2. The Morgan fingerprint density at radius 3 is 2.11 bits per heavy atom. The molecular weight excluding hydrogens is 590 g/mol. The minimum Gasteiger partial charge on any atom is -0.497 e. The Kier molecular flexibility index (Phi) is 14.3. The zero-order valence-corrected chi connectivity index (χ0v) is 29.2. The molecule has 2 atom stereocenters. The van der Waals surface area contributed by atoms with Gasteiger partial charge in [0.1, 0.15) is 23.4 Å². The van der Waals surface area contributed by atoms with Crippen molar-refractivity contribution in [3.8, 4) is 5.75 Å². The van der Waals surface area contributed by atoms with Crippen molar-refractivity contribution in [1.29, 1.82) is 0 Å². The van der Waals surface area contributed by atoms with E-state index in [-0.39, 0.29) is 18.2 Å². The number of amides is 3. The maximum absolute atomic E-state index is 14.8. The number of alkyl carbamates (subject to hydrolysis) is 1. The van der Waals surface area contributed by atoms with Crippen LogP contribution in [0, 0.1) is 13.8 Å². The van der Waals surface area contributed by atoms with Gasteiger partial charge in [0.05, 0.1) is 7.11 Å². The van der Waals surface area contributed by atoms with Crippen molar-refractivity contribution in [2.45, 2.75) is 104 Å². The summed E-state index contributed by atoms with van der Waals surface area (Å²) in [6.07, 6.45) is 5.68. The summed E-state index contributed by atoms with van der Waals surface area (Å²) >= 11 is 0. The Morgan fingerprint density at radius 1 is 0.830 bits per heavy atom. The number of carbonyl (C=O) groups excluding carboxylic acids is 3. The number of ether oxygens (including phenoxy) is 2. The molecule has 0 aromatic heterocycles. The summed E-state index contributed by atoms with van der Waals surface area (Å²) in [7, 11) is 1.59. The highest BCUT2D eigenvalue weighted by molar-refractivity contribution is 5.99. The SMILES string of the molecule is CCCCCCCCN(C(=O)C(Cc1ccccc1)NC(=O)OC(C)(C)C)C(C(=O)Nc1ccc(OC)cc1)c1ccc(C)c(C)c1. The smallest absolute Gasteiger partial charge is 0.408 e. The van der Waals surface area contributed by atoms with Gasteiger partial charge in [0.15, 0.2) is 0 Å². The van der Waals surface area contributed by atoms with Crippen LogP contribution in [0.5, 0.6) is 5.75 Å². The predicted molar refractivity (Wildman–Crippen MR) is 189 cm³/mol. The molecule has 47 heavy (non-hydrogen) atoms. The molecule has 3 aromatic rings. The quantitative estimate of drug-likeness (QED) is 0.153. The molecule has 2 N–H and O–H groups in total. The molecule has 3 amide bonds. The second kappa shape index (κ2) is 18.1. The van der Waals surface area contributed by atoms with Gasteiger partial charge in [0, 0.05) is 18.7 Å². The zero-order valence-electron chi connectivity index (χ0n) is 29.2. The lowest BCUT2D eigenvalue weighted by Crippen LogP contribution is -2.53. The first-order chi connectivity index (χ1) is 22.4. The number of nitrogens with zero attached hydrogens (tertiary/aromatic N) is 1. The number of anilines is 1. The van der Waals surface area contributed by atoms with E-state index in [4.69, 9.17) is 9.47 Å². The molecule has 8 heteroatoms. The maximum atomic E-state index is 14.8. The van der Waals surface area contributed by atoms with Crippen molar-refractivity contribution in [2.24, 2.45) is 0 Å². The first-order valence-corrected chi connectivity index (χ1v) is 16.8. The van der Waals surface area contributed by atoms with E-state index in [0.29, 0.717) is 23.5 Å². The number of hydrogen-bond acceptors (Lipinski definition) is 5. The number of unbranched alkanes of at least 4 members (excludes halogenated alkanes) is 5. The fourth-order valence-corrected chi connectivity index (χ4v) is 5.42. The van der Waals surface area contributed by atoms with Gasteiger partial charge in [-0.15, -0.1) is 0 Å². The van der Waals surface area contributed by atoms with Crippen LogP contribution in [0.3, 0.4) is 0 Å². The number of rotatable bonds is 16. The van der Waals surface area contributed by atoms with E-state index in [1.165, 1.54) is 0 Å². The molecule has 3 aromatic carbocycles. The molecule has 0 aliphatic carbocycles. The Labute approximate surface area is 281 Å². The Balaban J connectivity index is 2.06. The average Bonchev–Trinajstić information content (AvgIpc) is 3.03. The van der Waals surface area contributed by atoms with Crippen molar-refractivity contribution in [3.63, 3.8) is 0 Å². The number of nitrogens with one attached hydrogen (secondary N) is 2. The summed E-state index contributed by atoms with van der Waals surface area (Å²) in [4.78, 5) is 43.9. The first-order valence-electron chi connectivity index (χ1n) is 16.8. The topological polar surface area (TPSA) is 97.0 Å². The van der Waals surface area contributed by atoms with E-state index >= 15 is 0 Å². The second-order valence-electron chi connectivity index (χ2n) is 13.2. The van der Waals surface area contributed by atoms with Gasteiger partial charge in [-0.3, -0.25) is 9.59 Å². The number of methoxy groups -OCH3 is 1. The average molecular weight is 644 g/mol. The van der Waals surface area contributed by atoms with Gasteiger partial charge < -0.3 is 25.0 Å². The minimum atomic E-state index is -0.963. The van der Waals surface area contributed by atoms with Gasteiger partial charge in [-0.05, 0) is 87.6 Å². The van der Waals surface area contributed by atoms with Gasteiger partial charge in [0.25, 0.3) is 5.91 Å². The first kappa shape index (κ1) is 37.1. The number of benzene rings is 3. The van der Waals surface area contributed by atoms with Crippen LogP contribution in [0.1, 0.15) is 94.5 Å². The molecule has 0 saturated heterocycles. The van der Waals surface area contributed by atoms with E-state index in [0.717, 1.165) is 55.2 Å². The summed E-state index contributed by atoms with van der Waals surface area (Å²) in [5.74, 6) is -0.0135. The van der Waals surface area contributed by atoms with Gasteiger partial charge in [-0.1, -0.05) is 87.6 Å². The van der Waals surface area contributed by atoms with Crippen molar-refractivity contribution in [2.75, 3.05) is 19.0 Å². The third-order valence-corrected chi connectivity index (χ3v) is 8.07. The standard InChI is InChI=1S/C39H53N3O5/c1-8-9-10-11-12-16-25-42(37(44)34(27-30-17-14-13-15-18-30)41-38(45)47-39(4,5)6)35(31-20-19-28(2)29(3)26-31)36(43)40-32-21-23-33(46-7)24-22-32/h13-15,17-24,26,34-35H,8-12,16,25,27H2,1-7H3,(H,40,43)(H,41,45). The van der Waals surface area contributed by atoms with Gasteiger partial charge >= 0.3 is 6.09 Å². The molecule has 0 saturated carbocycles. The lowest BCUT2D eigenvalue weighted by atomic mass is 9.97. The highest BCUT2D eigenvalue weighted by Gasteiger charge is 2.36. The van der Waals surface area contributed by atoms with E-state index in [1.54, 1.807) is 57.0 Å². The van der Waals surface area contributed by atoms with Crippen LogP contribution in [-0.4, -0.2) is 48.1 Å². The minimum absolute atomic E-state index is 0.242. The monoisotopic (exact) mass is 643 g/mol. The third-order valence-electron chi connectivity index (χ3n) is 8.07. The molecule has 0 aliphatic rings. The molecule has 2 unspecified atom stereocenters. The Bertz CT molecular complexity index is 1430. The summed E-state index contributed by atoms with van der Waals surface area (Å²) in [6, 6.07) is 20.6. The zero-order chi connectivity index (χ0) is 34.4. The molecule has 0 heterocycles. The number of carbonyl (C=O) groups is 3. The molecule has 0 aliphatic heterocycles. The van der Waals surface area contributed by atoms with Crippen LogP contribution in [0.4, 0.5) is 10.5 Å². The molecule has 0 bridgehead atoms. The van der Waals surface area contributed by atoms with Crippen LogP contribution >= 0.6 is 0 Å². The molecule has 3 rings (SSSR count). The molecule has 8 nitrogen and oxygen atoms in total. The van der Waals surface area contributed by atoms with Crippen molar-refractivity contribution >= 4 is 23.6 Å². The van der Waals surface area contributed by atoms with Crippen LogP contribution in [0.25, 0.3) is 0 Å². The van der Waals surface area contributed by atoms with Crippen LogP contribution in [0.15, 0.2) is 72.8 Å². The Morgan fingerprint density at radius 2 is 1.49 bits per heavy atom. The highest BCUT2D eigenvalue weighted by atomic mass is 16.6. The fraction of sp³-hybridized carbons (Fsp3) is 0.462. The van der Waals surface area contributed by atoms with Gasteiger partial charge in [-0.25, -0.2) is 4.79 Å². The maximum Gasteiger partial charge on any atom is 0.408 e.